The Balaban J connectivity index is 2.52. The lowest BCUT2D eigenvalue weighted by atomic mass is 10.1. The van der Waals surface area contributed by atoms with E-state index in [0.29, 0.717) is 24.2 Å². The minimum Gasteiger partial charge on any atom is -0.258 e. The van der Waals surface area contributed by atoms with E-state index in [0.717, 1.165) is 11.5 Å². The van der Waals surface area contributed by atoms with E-state index in [2.05, 4.69) is 0 Å². The van der Waals surface area contributed by atoms with Crippen LogP contribution >= 0.6 is 11.8 Å². The number of hydrogen-bond donors (Lipinski definition) is 0. The molecule has 0 amide bonds. The summed E-state index contributed by atoms with van der Waals surface area (Å²) >= 11 is 1.71. The number of benzene rings is 1. The number of nitro benzene ring substituents is 1. The maximum absolute atomic E-state index is 12.6. The minimum absolute atomic E-state index is 0.0519. The summed E-state index contributed by atoms with van der Waals surface area (Å²) in [6, 6.07) is 2.57. The maximum atomic E-state index is 12.6. The van der Waals surface area contributed by atoms with Crippen molar-refractivity contribution >= 4 is 27.5 Å². The summed E-state index contributed by atoms with van der Waals surface area (Å²) in [4.78, 5) is 10.4. The first-order valence-corrected chi connectivity index (χ1v) is 8.77. The summed E-state index contributed by atoms with van der Waals surface area (Å²) in [7, 11) is -3.66. The highest BCUT2D eigenvalue weighted by atomic mass is 32.2. The number of non-ortho nitro benzene ring substituents is 1. The molecule has 0 N–H and O–H groups in total. The van der Waals surface area contributed by atoms with Crippen LogP contribution in [0.3, 0.4) is 0 Å². The zero-order valence-electron chi connectivity index (χ0n) is 11.3. The Labute approximate surface area is 122 Å². The zero-order chi connectivity index (χ0) is 14.9. The van der Waals surface area contributed by atoms with Crippen molar-refractivity contribution in [1.82, 2.24) is 4.31 Å². The van der Waals surface area contributed by atoms with Gasteiger partial charge in [0.05, 0.1) is 9.82 Å². The lowest BCUT2D eigenvalue weighted by molar-refractivity contribution is -0.385. The van der Waals surface area contributed by atoms with E-state index in [-0.39, 0.29) is 10.6 Å². The molecule has 20 heavy (non-hydrogen) atoms. The summed E-state index contributed by atoms with van der Waals surface area (Å²) < 4.78 is 26.7. The number of hydrogen-bond acceptors (Lipinski definition) is 5. The molecular weight excluding hydrogens is 300 g/mol. The molecule has 0 aliphatic carbocycles. The van der Waals surface area contributed by atoms with Gasteiger partial charge >= 0.3 is 0 Å². The van der Waals surface area contributed by atoms with Gasteiger partial charge in [-0.2, -0.15) is 16.1 Å². The molecule has 1 aliphatic heterocycles. The molecular formula is C12H16N2O4S2. The van der Waals surface area contributed by atoms with E-state index < -0.39 is 14.9 Å². The SMILES string of the molecule is Cc1cc([N+](=O)[O-])cc(S(=O)(=O)N2CCSCC2)c1C. The monoisotopic (exact) mass is 316 g/mol. The second-order valence-electron chi connectivity index (χ2n) is 4.66. The summed E-state index contributed by atoms with van der Waals surface area (Å²) in [5.74, 6) is 1.51. The van der Waals surface area contributed by atoms with Crippen molar-refractivity contribution in [1.29, 1.82) is 0 Å². The van der Waals surface area contributed by atoms with Crippen molar-refractivity contribution in [2.45, 2.75) is 18.7 Å². The first-order chi connectivity index (χ1) is 9.34. The molecule has 1 heterocycles. The van der Waals surface area contributed by atoms with Crippen LogP contribution in [0.4, 0.5) is 5.69 Å². The topological polar surface area (TPSA) is 80.5 Å². The number of nitrogens with zero attached hydrogens (tertiary/aromatic N) is 2. The number of thioether (sulfide) groups is 1. The largest absolute Gasteiger partial charge is 0.271 e. The van der Waals surface area contributed by atoms with Gasteiger partial charge in [-0.3, -0.25) is 10.1 Å². The second-order valence-corrected chi connectivity index (χ2v) is 7.79. The van der Waals surface area contributed by atoms with Crippen LogP contribution in [0.1, 0.15) is 11.1 Å². The van der Waals surface area contributed by atoms with Gasteiger partial charge in [0.1, 0.15) is 0 Å². The molecule has 6 nitrogen and oxygen atoms in total. The van der Waals surface area contributed by atoms with Gasteiger partial charge in [-0.1, -0.05) is 0 Å². The van der Waals surface area contributed by atoms with Gasteiger partial charge in [-0.15, -0.1) is 0 Å². The van der Waals surface area contributed by atoms with Gasteiger partial charge in [0, 0.05) is 36.7 Å². The number of aryl methyl sites for hydroxylation is 1. The van der Waals surface area contributed by atoms with Crippen LogP contribution in [0.2, 0.25) is 0 Å². The van der Waals surface area contributed by atoms with Crippen LogP contribution in [0, 0.1) is 24.0 Å². The van der Waals surface area contributed by atoms with Gasteiger partial charge in [0.25, 0.3) is 5.69 Å². The molecule has 0 unspecified atom stereocenters. The first kappa shape index (κ1) is 15.3. The molecule has 8 heteroatoms. The Kier molecular flexibility index (Phi) is 4.36. The Hall–Kier alpha value is -1.12. The van der Waals surface area contributed by atoms with Crippen LogP contribution in [0.15, 0.2) is 17.0 Å². The lowest BCUT2D eigenvalue weighted by Crippen LogP contribution is -2.38. The molecule has 0 saturated carbocycles. The molecule has 0 spiro atoms. The van der Waals surface area contributed by atoms with Crippen LogP contribution in [-0.2, 0) is 10.0 Å². The van der Waals surface area contributed by atoms with Crippen molar-refractivity contribution in [2.75, 3.05) is 24.6 Å². The van der Waals surface area contributed by atoms with Crippen LogP contribution in [0.25, 0.3) is 0 Å². The average Bonchev–Trinajstić information content (AvgIpc) is 2.42. The maximum Gasteiger partial charge on any atom is 0.271 e. The fourth-order valence-corrected chi connectivity index (χ4v) is 5.00. The Morgan fingerprint density at radius 2 is 1.85 bits per heavy atom. The standard InChI is InChI=1S/C12H16N2O4S2/c1-9-7-11(14(15)16)8-12(10(9)2)20(17,18)13-3-5-19-6-4-13/h7-8H,3-6H2,1-2H3. The van der Waals surface area contributed by atoms with Crippen LogP contribution in [0.5, 0.6) is 0 Å². The van der Waals surface area contributed by atoms with E-state index >= 15 is 0 Å². The van der Waals surface area contributed by atoms with Crippen molar-refractivity contribution in [3.63, 3.8) is 0 Å². The fourth-order valence-electron chi connectivity index (χ4n) is 2.11. The Morgan fingerprint density at radius 1 is 1.25 bits per heavy atom. The van der Waals surface area contributed by atoms with E-state index in [4.69, 9.17) is 0 Å². The normalized spacial score (nSPS) is 17.1. The van der Waals surface area contributed by atoms with Crippen LogP contribution in [-0.4, -0.2) is 42.2 Å². The molecule has 0 radical (unpaired) electrons. The van der Waals surface area contributed by atoms with Crippen molar-refractivity contribution < 1.29 is 13.3 Å². The summed E-state index contributed by atoms with van der Waals surface area (Å²) in [6.45, 7) is 4.28. The Morgan fingerprint density at radius 3 is 2.40 bits per heavy atom. The fraction of sp³-hybridized carbons (Fsp3) is 0.500. The summed E-state index contributed by atoms with van der Waals surface area (Å²) in [5.41, 5.74) is 1.01. The minimum atomic E-state index is -3.66. The third-order valence-electron chi connectivity index (χ3n) is 3.40. The second kappa shape index (κ2) is 5.71. The van der Waals surface area contributed by atoms with Gasteiger partial charge in [0.2, 0.25) is 10.0 Å². The predicted molar refractivity (Wildman–Crippen MR) is 78.7 cm³/mol. The van der Waals surface area contributed by atoms with Crippen molar-refractivity contribution in [2.24, 2.45) is 0 Å². The predicted octanol–water partition coefficient (Wildman–Crippen LogP) is 1.95. The Bertz CT molecular complexity index is 637. The molecule has 1 aromatic carbocycles. The lowest BCUT2D eigenvalue weighted by Gasteiger charge is -2.26. The molecule has 1 saturated heterocycles. The van der Waals surface area contributed by atoms with Gasteiger partial charge in [-0.05, 0) is 25.0 Å². The van der Waals surface area contributed by atoms with E-state index in [1.54, 1.807) is 25.6 Å². The molecule has 1 aromatic rings. The van der Waals surface area contributed by atoms with Gasteiger partial charge in [-0.25, -0.2) is 8.42 Å². The molecule has 110 valence electrons. The summed E-state index contributed by atoms with van der Waals surface area (Å²) in [5, 5.41) is 10.9. The third-order valence-corrected chi connectivity index (χ3v) is 6.37. The van der Waals surface area contributed by atoms with Gasteiger partial charge in [0.15, 0.2) is 0 Å². The smallest absolute Gasteiger partial charge is 0.258 e. The molecule has 0 aromatic heterocycles. The summed E-state index contributed by atoms with van der Waals surface area (Å²) in [6.07, 6.45) is 0. The average molecular weight is 316 g/mol. The quantitative estimate of drug-likeness (QED) is 0.629. The van der Waals surface area contributed by atoms with Gasteiger partial charge < -0.3 is 0 Å². The number of rotatable bonds is 3. The van der Waals surface area contributed by atoms with E-state index in [1.165, 1.54) is 16.4 Å². The highest BCUT2D eigenvalue weighted by molar-refractivity contribution is 7.99. The van der Waals surface area contributed by atoms with Crippen molar-refractivity contribution in [3.05, 3.63) is 33.4 Å². The van der Waals surface area contributed by atoms with E-state index in [9.17, 15) is 18.5 Å². The molecule has 0 bridgehead atoms. The van der Waals surface area contributed by atoms with E-state index in [1.807, 2.05) is 0 Å². The zero-order valence-corrected chi connectivity index (χ0v) is 13.0. The van der Waals surface area contributed by atoms with Crippen LogP contribution < -0.4 is 0 Å². The number of sulfonamides is 1. The third kappa shape index (κ3) is 2.82. The molecule has 2 rings (SSSR count). The highest BCUT2D eigenvalue weighted by Gasteiger charge is 2.29. The molecule has 1 aliphatic rings. The highest BCUT2D eigenvalue weighted by Crippen LogP contribution is 2.28. The first-order valence-electron chi connectivity index (χ1n) is 6.17. The van der Waals surface area contributed by atoms with Crippen molar-refractivity contribution in [3.8, 4) is 0 Å². The molecule has 0 atom stereocenters. The number of nitro groups is 1. The molecule has 1 fully saturated rings.